The summed E-state index contributed by atoms with van der Waals surface area (Å²) in [6.07, 6.45) is 0. The van der Waals surface area contributed by atoms with E-state index in [4.69, 9.17) is 5.11 Å². The van der Waals surface area contributed by atoms with Crippen molar-refractivity contribution in [2.24, 2.45) is 0 Å². The Morgan fingerprint density at radius 3 is 2.48 bits per heavy atom. The minimum atomic E-state index is -1.54. The van der Waals surface area contributed by atoms with Gasteiger partial charge in [-0.1, -0.05) is 0 Å². The number of nitrogens with one attached hydrogen (secondary N) is 1. The van der Waals surface area contributed by atoms with Crippen LogP contribution in [-0.4, -0.2) is 16.1 Å². The quantitative estimate of drug-likeness (QED) is 0.605. The van der Waals surface area contributed by atoms with Gasteiger partial charge in [0.1, 0.15) is 15.9 Å². The lowest BCUT2D eigenvalue weighted by Gasteiger charge is -2.07. The van der Waals surface area contributed by atoms with Gasteiger partial charge in [-0.2, -0.15) is 0 Å². The van der Waals surface area contributed by atoms with E-state index in [9.17, 15) is 18.0 Å². The van der Waals surface area contributed by atoms with Gasteiger partial charge in [-0.3, -0.25) is 0 Å². The van der Waals surface area contributed by atoms with Gasteiger partial charge in [-0.05, 0) is 36.4 Å². The number of carboxylic acids is 1. The second kappa shape index (κ2) is 7.16. The fraction of sp³-hybridized carbons (Fsp3) is 0. The molecule has 25 heavy (non-hydrogen) atoms. The van der Waals surface area contributed by atoms with Gasteiger partial charge in [-0.15, -0.1) is 11.3 Å². The standard InChI is InChI=1S/C16H9F3N2O2S2/c17-9-3-1-8(2-4-9)15-20-12(7-24-15)25-21-11-6-5-10(16(22)23)13(18)14(11)19/h1-7,21H,(H,22,23). The second-order valence-electron chi connectivity index (χ2n) is 4.80. The highest BCUT2D eigenvalue weighted by molar-refractivity contribution is 8.00. The summed E-state index contributed by atoms with van der Waals surface area (Å²) in [7, 11) is 0. The summed E-state index contributed by atoms with van der Waals surface area (Å²) in [6, 6.07) is 7.95. The maximum atomic E-state index is 13.9. The van der Waals surface area contributed by atoms with Crippen molar-refractivity contribution < 1.29 is 23.1 Å². The SMILES string of the molecule is O=C(O)c1ccc(NSc2csc(-c3ccc(F)cc3)n2)c(F)c1F. The smallest absolute Gasteiger partial charge is 0.338 e. The maximum Gasteiger partial charge on any atom is 0.338 e. The number of aromatic nitrogens is 1. The van der Waals surface area contributed by atoms with Crippen LogP contribution in [0.15, 0.2) is 46.8 Å². The molecule has 0 aliphatic rings. The van der Waals surface area contributed by atoms with E-state index in [-0.39, 0.29) is 11.5 Å². The first-order valence-corrected chi connectivity index (χ1v) is 8.51. The van der Waals surface area contributed by atoms with E-state index in [0.29, 0.717) is 10.0 Å². The van der Waals surface area contributed by atoms with E-state index in [1.165, 1.54) is 23.5 Å². The highest BCUT2D eigenvalue weighted by Gasteiger charge is 2.18. The minimum absolute atomic E-state index is 0.191. The molecule has 0 bridgehead atoms. The van der Waals surface area contributed by atoms with Crippen LogP contribution in [0.25, 0.3) is 10.6 Å². The first-order chi connectivity index (χ1) is 12.0. The van der Waals surface area contributed by atoms with E-state index in [0.717, 1.165) is 29.6 Å². The molecule has 0 aliphatic heterocycles. The van der Waals surface area contributed by atoms with E-state index in [1.807, 2.05) is 0 Å². The highest BCUT2D eigenvalue weighted by Crippen LogP contribution is 2.30. The monoisotopic (exact) mass is 382 g/mol. The zero-order valence-corrected chi connectivity index (χ0v) is 13.9. The van der Waals surface area contributed by atoms with Gasteiger partial charge in [0, 0.05) is 22.9 Å². The van der Waals surface area contributed by atoms with Gasteiger partial charge in [-0.25, -0.2) is 22.9 Å². The van der Waals surface area contributed by atoms with Crippen LogP contribution >= 0.6 is 23.3 Å². The van der Waals surface area contributed by atoms with Crippen molar-refractivity contribution in [1.29, 1.82) is 0 Å². The Balaban J connectivity index is 1.73. The van der Waals surface area contributed by atoms with Crippen LogP contribution in [0.5, 0.6) is 0 Å². The Morgan fingerprint density at radius 2 is 1.80 bits per heavy atom. The van der Waals surface area contributed by atoms with Gasteiger partial charge in [0.25, 0.3) is 0 Å². The fourth-order valence-electron chi connectivity index (χ4n) is 1.93. The third kappa shape index (κ3) is 3.77. The molecule has 0 spiro atoms. The average Bonchev–Trinajstić information content (AvgIpc) is 3.05. The van der Waals surface area contributed by atoms with Crippen molar-refractivity contribution in [3.8, 4) is 10.6 Å². The van der Waals surface area contributed by atoms with Crippen molar-refractivity contribution in [2.75, 3.05) is 4.72 Å². The van der Waals surface area contributed by atoms with Crippen LogP contribution < -0.4 is 4.72 Å². The molecule has 0 saturated carbocycles. The summed E-state index contributed by atoms with van der Waals surface area (Å²) >= 11 is 2.27. The molecule has 3 rings (SSSR count). The number of hydrogen-bond donors (Lipinski definition) is 2. The molecule has 9 heteroatoms. The molecule has 128 valence electrons. The second-order valence-corrected chi connectivity index (χ2v) is 6.48. The lowest BCUT2D eigenvalue weighted by Crippen LogP contribution is -2.04. The molecule has 1 aromatic heterocycles. The van der Waals surface area contributed by atoms with Crippen LogP contribution in [0.3, 0.4) is 0 Å². The molecule has 2 N–H and O–H groups in total. The molecule has 2 aromatic carbocycles. The molecule has 4 nitrogen and oxygen atoms in total. The summed E-state index contributed by atoms with van der Waals surface area (Å²) in [5.41, 5.74) is -0.189. The number of benzene rings is 2. The third-order valence-electron chi connectivity index (χ3n) is 3.15. The minimum Gasteiger partial charge on any atom is -0.478 e. The third-order valence-corrected chi connectivity index (χ3v) is 4.93. The van der Waals surface area contributed by atoms with Crippen molar-refractivity contribution in [3.63, 3.8) is 0 Å². The Labute approximate surface area is 148 Å². The summed E-state index contributed by atoms with van der Waals surface area (Å²) in [6.45, 7) is 0. The van der Waals surface area contributed by atoms with Gasteiger partial charge in [0.05, 0.1) is 11.3 Å². The van der Waals surface area contributed by atoms with Crippen molar-refractivity contribution in [3.05, 3.63) is 64.8 Å². The van der Waals surface area contributed by atoms with E-state index in [1.54, 1.807) is 17.5 Å². The molecule has 0 unspecified atom stereocenters. The van der Waals surface area contributed by atoms with E-state index in [2.05, 4.69) is 9.71 Å². The molecular weight excluding hydrogens is 373 g/mol. The summed E-state index contributed by atoms with van der Waals surface area (Å²) in [5, 5.41) is 11.6. The molecule has 0 radical (unpaired) electrons. The van der Waals surface area contributed by atoms with Crippen LogP contribution in [-0.2, 0) is 0 Å². The maximum absolute atomic E-state index is 13.9. The van der Waals surface area contributed by atoms with Crippen LogP contribution in [0.4, 0.5) is 18.9 Å². The Hall–Kier alpha value is -2.52. The number of hydrogen-bond acceptors (Lipinski definition) is 5. The first kappa shape index (κ1) is 17.3. The number of carbonyl (C=O) groups is 1. The summed E-state index contributed by atoms with van der Waals surface area (Å²) in [4.78, 5) is 15.1. The number of anilines is 1. The predicted octanol–water partition coefficient (Wildman–Crippen LogP) is 5.04. The first-order valence-electron chi connectivity index (χ1n) is 6.81. The van der Waals surface area contributed by atoms with Crippen molar-refractivity contribution >= 4 is 34.9 Å². The molecule has 0 fully saturated rings. The molecule has 0 amide bonds. The lowest BCUT2D eigenvalue weighted by molar-refractivity contribution is 0.0690. The topological polar surface area (TPSA) is 62.2 Å². The Bertz CT molecular complexity index is 930. The van der Waals surface area contributed by atoms with Crippen LogP contribution in [0.1, 0.15) is 10.4 Å². The fourth-order valence-corrected chi connectivity index (χ4v) is 3.52. The number of nitrogens with zero attached hydrogens (tertiary/aromatic N) is 1. The van der Waals surface area contributed by atoms with Crippen molar-refractivity contribution in [1.82, 2.24) is 4.98 Å². The highest BCUT2D eigenvalue weighted by atomic mass is 32.2. The number of rotatable bonds is 5. The van der Waals surface area contributed by atoms with Gasteiger partial charge in [0.2, 0.25) is 0 Å². The van der Waals surface area contributed by atoms with Gasteiger partial charge < -0.3 is 9.83 Å². The number of aromatic carboxylic acids is 1. The zero-order chi connectivity index (χ0) is 18.0. The molecule has 0 atom stereocenters. The largest absolute Gasteiger partial charge is 0.478 e. The number of thiazole rings is 1. The van der Waals surface area contributed by atoms with E-state index < -0.39 is 23.2 Å². The van der Waals surface area contributed by atoms with Crippen LogP contribution in [0, 0.1) is 17.5 Å². The number of halogens is 3. The van der Waals surface area contributed by atoms with Gasteiger partial charge in [0.15, 0.2) is 11.6 Å². The number of carboxylic acid groups (broad SMARTS) is 1. The average molecular weight is 382 g/mol. The molecule has 1 heterocycles. The summed E-state index contributed by atoms with van der Waals surface area (Å²) in [5.74, 6) is -4.59. The molecular formula is C16H9F3N2O2S2. The van der Waals surface area contributed by atoms with Crippen molar-refractivity contribution in [2.45, 2.75) is 5.03 Å². The zero-order valence-electron chi connectivity index (χ0n) is 12.3. The Kier molecular flexibility index (Phi) is 4.95. The molecule has 3 aromatic rings. The summed E-state index contributed by atoms with van der Waals surface area (Å²) < 4.78 is 43.0. The van der Waals surface area contributed by atoms with Crippen LogP contribution in [0.2, 0.25) is 0 Å². The Morgan fingerprint density at radius 1 is 1.08 bits per heavy atom. The molecule has 0 aliphatic carbocycles. The lowest BCUT2D eigenvalue weighted by atomic mass is 10.2. The van der Waals surface area contributed by atoms with E-state index >= 15 is 0 Å². The van der Waals surface area contributed by atoms with Gasteiger partial charge >= 0.3 is 5.97 Å². The predicted molar refractivity (Wildman–Crippen MR) is 90.3 cm³/mol. The normalized spacial score (nSPS) is 10.7. The molecule has 0 saturated heterocycles.